The van der Waals surface area contributed by atoms with Gasteiger partial charge in [-0.3, -0.25) is 4.90 Å². The Morgan fingerprint density at radius 3 is 2.80 bits per heavy atom. The number of likely N-dealkylation sites (tertiary alicyclic amines) is 1. The van der Waals surface area contributed by atoms with Crippen molar-refractivity contribution in [1.29, 1.82) is 0 Å². The fraction of sp³-hybridized carbons (Fsp3) is 0.533. The van der Waals surface area contributed by atoms with Crippen LogP contribution in [0.4, 0.5) is 10.5 Å². The van der Waals surface area contributed by atoms with Crippen LogP contribution in [0.15, 0.2) is 24.3 Å². The van der Waals surface area contributed by atoms with Crippen molar-refractivity contribution >= 4 is 11.8 Å². The molecule has 0 bridgehead atoms. The smallest absolute Gasteiger partial charge is 0.415 e. The molecule has 5 nitrogen and oxygen atoms in total. The molecule has 0 saturated carbocycles. The van der Waals surface area contributed by atoms with Gasteiger partial charge in [-0.05, 0) is 24.7 Å². The van der Waals surface area contributed by atoms with Gasteiger partial charge in [-0.2, -0.15) is 0 Å². The van der Waals surface area contributed by atoms with E-state index in [1.807, 2.05) is 24.3 Å². The maximum absolute atomic E-state index is 12.2. The molecule has 1 aromatic carbocycles. The van der Waals surface area contributed by atoms with E-state index in [1.165, 1.54) is 0 Å². The third-order valence-corrected chi connectivity index (χ3v) is 4.33. The minimum absolute atomic E-state index is 0.233. The standard InChI is InChI=1S/C15H21N3O2/c1-17-7-5-15(6-8-17)11-18(14(19)20-15)13-4-2-3-12(9-13)10-16/h2-4,9H,5-8,10-11,16H2,1H3. The summed E-state index contributed by atoms with van der Waals surface area (Å²) >= 11 is 0. The number of anilines is 1. The Kier molecular flexibility index (Phi) is 3.40. The Labute approximate surface area is 119 Å². The zero-order valence-corrected chi connectivity index (χ0v) is 11.8. The molecule has 1 spiro atoms. The molecule has 2 aliphatic heterocycles. The highest BCUT2D eigenvalue weighted by Gasteiger charge is 2.46. The van der Waals surface area contributed by atoms with E-state index in [0.29, 0.717) is 13.1 Å². The summed E-state index contributed by atoms with van der Waals surface area (Å²) in [5.74, 6) is 0. The van der Waals surface area contributed by atoms with Crippen LogP contribution in [0.3, 0.4) is 0 Å². The molecule has 2 saturated heterocycles. The van der Waals surface area contributed by atoms with Crippen molar-refractivity contribution in [1.82, 2.24) is 4.90 Å². The zero-order chi connectivity index (χ0) is 14.2. The van der Waals surface area contributed by atoms with Crippen molar-refractivity contribution in [2.75, 3.05) is 31.6 Å². The van der Waals surface area contributed by atoms with Gasteiger partial charge in [0.1, 0.15) is 5.60 Å². The lowest BCUT2D eigenvalue weighted by molar-refractivity contribution is 0.00678. The van der Waals surface area contributed by atoms with Crippen LogP contribution in [0.25, 0.3) is 0 Å². The Morgan fingerprint density at radius 2 is 2.10 bits per heavy atom. The molecule has 20 heavy (non-hydrogen) atoms. The number of ether oxygens (including phenoxy) is 1. The maximum Gasteiger partial charge on any atom is 0.415 e. The fourth-order valence-electron chi connectivity index (χ4n) is 2.96. The summed E-state index contributed by atoms with van der Waals surface area (Å²) in [6.45, 7) is 3.08. The quantitative estimate of drug-likeness (QED) is 0.890. The molecule has 1 aromatic rings. The Morgan fingerprint density at radius 1 is 1.35 bits per heavy atom. The van der Waals surface area contributed by atoms with Crippen LogP contribution < -0.4 is 10.6 Å². The van der Waals surface area contributed by atoms with E-state index in [9.17, 15) is 4.79 Å². The molecule has 1 amide bonds. The summed E-state index contributed by atoms with van der Waals surface area (Å²) in [6.07, 6.45) is 1.58. The molecule has 108 valence electrons. The second-order valence-electron chi connectivity index (χ2n) is 5.81. The Bertz CT molecular complexity index is 510. The zero-order valence-electron chi connectivity index (χ0n) is 11.8. The molecule has 0 atom stereocenters. The third-order valence-electron chi connectivity index (χ3n) is 4.33. The van der Waals surface area contributed by atoms with Gasteiger partial charge in [-0.25, -0.2) is 4.79 Å². The molecule has 2 N–H and O–H groups in total. The van der Waals surface area contributed by atoms with Gasteiger partial charge in [0.15, 0.2) is 0 Å². The van der Waals surface area contributed by atoms with Crippen molar-refractivity contribution in [3.63, 3.8) is 0 Å². The van der Waals surface area contributed by atoms with Gasteiger partial charge in [-0.1, -0.05) is 12.1 Å². The lowest BCUT2D eigenvalue weighted by atomic mass is 9.91. The summed E-state index contributed by atoms with van der Waals surface area (Å²) in [5.41, 5.74) is 7.27. The summed E-state index contributed by atoms with van der Waals surface area (Å²) in [6, 6.07) is 7.81. The van der Waals surface area contributed by atoms with E-state index in [4.69, 9.17) is 10.5 Å². The lowest BCUT2D eigenvalue weighted by Crippen LogP contribution is -2.45. The summed E-state index contributed by atoms with van der Waals surface area (Å²) < 4.78 is 5.71. The third kappa shape index (κ3) is 2.39. The van der Waals surface area contributed by atoms with Crippen molar-refractivity contribution in [3.05, 3.63) is 29.8 Å². The predicted octanol–water partition coefficient (Wildman–Crippen LogP) is 1.57. The number of benzene rings is 1. The number of nitrogens with zero attached hydrogens (tertiary/aromatic N) is 2. The van der Waals surface area contributed by atoms with Crippen LogP contribution in [0, 0.1) is 0 Å². The van der Waals surface area contributed by atoms with E-state index in [0.717, 1.165) is 37.2 Å². The molecule has 2 aliphatic rings. The second-order valence-corrected chi connectivity index (χ2v) is 5.81. The number of rotatable bonds is 2. The average molecular weight is 275 g/mol. The van der Waals surface area contributed by atoms with Crippen LogP contribution in [0.1, 0.15) is 18.4 Å². The van der Waals surface area contributed by atoms with Crippen LogP contribution in [0.2, 0.25) is 0 Å². The molecule has 3 rings (SSSR count). The topological polar surface area (TPSA) is 58.8 Å². The molecule has 2 fully saturated rings. The molecular formula is C15H21N3O2. The summed E-state index contributed by atoms with van der Waals surface area (Å²) in [4.78, 5) is 16.2. The van der Waals surface area contributed by atoms with Gasteiger partial charge >= 0.3 is 6.09 Å². The number of nitrogens with two attached hydrogens (primary N) is 1. The second kappa shape index (κ2) is 5.07. The molecule has 5 heteroatoms. The normalized spacial score (nSPS) is 22.3. The minimum Gasteiger partial charge on any atom is -0.441 e. The van der Waals surface area contributed by atoms with Gasteiger partial charge in [0, 0.05) is 38.2 Å². The number of carbonyl (C=O) groups is 1. The van der Waals surface area contributed by atoms with Gasteiger partial charge in [-0.15, -0.1) is 0 Å². The fourth-order valence-corrected chi connectivity index (χ4v) is 2.96. The van der Waals surface area contributed by atoms with E-state index < -0.39 is 0 Å². The number of hydrogen-bond acceptors (Lipinski definition) is 4. The van der Waals surface area contributed by atoms with E-state index >= 15 is 0 Å². The first-order valence-corrected chi connectivity index (χ1v) is 7.10. The Hall–Kier alpha value is -1.59. The first-order chi connectivity index (χ1) is 9.62. The van der Waals surface area contributed by atoms with Crippen LogP contribution in [-0.4, -0.2) is 43.3 Å². The lowest BCUT2D eigenvalue weighted by Gasteiger charge is -2.35. The van der Waals surface area contributed by atoms with Crippen LogP contribution >= 0.6 is 0 Å². The largest absolute Gasteiger partial charge is 0.441 e. The number of hydrogen-bond donors (Lipinski definition) is 1. The first-order valence-electron chi connectivity index (χ1n) is 7.10. The highest BCUT2D eigenvalue weighted by Crippen LogP contribution is 2.35. The van der Waals surface area contributed by atoms with Crippen molar-refractivity contribution in [2.24, 2.45) is 5.73 Å². The molecule has 0 aromatic heterocycles. The first kappa shape index (κ1) is 13.4. The van der Waals surface area contributed by atoms with Gasteiger partial charge in [0.2, 0.25) is 0 Å². The highest BCUT2D eigenvalue weighted by molar-refractivity contribution is 5.90. The van der Waals surface area contributed by atoms with Gasteiger partial charge < -0.3 is 15.4 Å². The van der Waals surface area contributed by atoms with Crippen LogP contribution in [0.5, 0.6) is 0 Å². The summed E-state index contributed by atoms with van der Waals surface area (Å²) in [7, 11) is 2.10. The van der Waals surface area contributed by atoms with Crippen molar-refractivity contribution < 1.29 is 9.53 Å². The number of amides is 1. The van der Waals surface area contributed by atoms with E-state index in [-0.39, 0.29) is 11.7 Å². The van der Waals surface area contributed by atoms with E-state index in [2.05, 4.69) is 11.9 Å². The monoisotopic (exact) mass is 275 g/mol. The predicted molar refractivity (Wildman–Crippen MR) is 77.6 cm³/mol. The van der Waals surface area contributed by atoms with Crippen LogP contribution in [-0.2, 0) is 11.3 Å². The highest BCUT2D eigenvalue weighted by atomic mass is 16.6. The molecular weight excluding hydrogens is 254 g/mol. The minimum atomic E-state index is -0.303. The summed E-state index contributed by atoms with van der Waals surface area (Å²) in [5, 5.41) is 0. The maximum atomic E-state index is 12.2. The number of carbonyl (C=O) groups excluding carboxylic acids is 1. The van der Waals surface area contributed by atoms with Crippen molar-refractivity contribution in [2.45, 2.75) is 25.0 Å². The average Bonchev–Trinajstić information content (AvgIpc) is 2.79. The van der Waals surface area contributed by atoms with Gasteiger partial charge in [0.25, 0.3) is 0 Å². The van der Waals surface area contributed by atoms with Gasteiger partial charge in [0.05, 0.1) is 6.54 Å². The molecule has 0 radical (unpaired) electrons. The Balaban J connectivity index is 1.80. The number of piperidine rings is 1. The molecule has 0 aliphatic carbocycles. The molecule has 2 heterocycles. The van der Waals surface area contributed by atoms with E-state index in [1.54, 1.807) is 4.90 Å². The van der Waals surface area contributed by atoms with Crippen molar-refractivity contribution in [3.8, 4) is 0 Å². The SMILES string of the molecule is CN1CCC2(CC1)CN(c1cccc(CN)c1)C(=O)O2. The molecule has 0 unspecified atom stereocenters.